The third kappa shape index (κ3) is 4.66. The van der Waals surface area contributed by atoms with Crippen LogP contribution in [0, 0.1) is 12.3 Å². The fourth-order valence-corrected chi connectivity index (χ4v) is 4.36. The number of carbonyl (C=O) groups is 1. The van der Waals surface area contributed by atoms with Gasteiger partial charge in [0.15, 0.2) is 0 Å². The monoisotopic (exact) mass is 381 g/mol. The molecular weight excluding hydrogens is 362 g/mol. The van der Waals surface area contributed by atoms with E-state index in [4.69, 9.17) is 23.4 Å². The van der Waals surface area contributed by atoms with Gasteiger partial charge in [-0.3, -0.25) is 9.69 Å². The lowest BCUT2D eigenvalue weighted by atomic mass is 10.1. The number of terminal acetylenes is 1. The van der Waals surface area contributed by atoms with Gasteiger partial charge in [-0.15, -0.1) is 6.42 Å². The molecule has 1 fully saturated rings. The maximum atomic E-state index is 12.7. The fraction of sp³-hybridized carbons (Fsp3) is 0.238. The van der Waals surface area contributed by atoms with E-state index in [-0.39, 0.29) is 17.8 Å². The Labute approximate surface area is 163 Å². The van der Waals surface area contributed by atoms with Gasteiger partial charge < -0.3 is 4.74 Å². The van der Waals surface area contributed by atoms with Crippen LogP contribution in [0.5, 0.6) is 5.75 Å². The predicted octanol–water partition coefficient (Wildman–Crippen LogP) is 3.71. The van der Waals surface area contributed by atoms with Crippen LogP contribution in [0.15, 0.2) is 54.6 Å². The van der Waals surface area contributed by atoms with Gasteiger partial charge in [-0.05, 0) is 36.1 Å². The summed E-state index contributed by atoms with van der Waals surface area (Å²) in [5, 5.41) is -0.157. The van der Waals surface area contributed by atoms with Crippen molar-refractivity contribution in [2.24, 2.45) is 0 Å². The highest BCUT2D eigenvalue weighted by atomic mass is 32.2. The lowest BCUT2D eigenvalue weighted by Gasteiger charge is -2.15. The molecule has 0 saturated carbocycles. The summed E-state index contributed by atoms with van der Waals surface area (Å²) in [5.74, 6) is 3.27. The molecule has 1 aliphatic rings. The summed E-state index contributed by atoms with van der Waals surface area (Å²) in [6.45, 7) is 0.880. The second-order valence-electron chi connectivity index (χ2n) is 5.94. The van der Waals surface area contributed by atoms with Crippen LogP contribution in [0.4, 0.5) is 0 Å². The molecule has 1 atom stereocenters. The van der Waals surface area contributed by atoms with Crippen LogP contribution in [0.1, 0.15) is 11.1 Å². The molecule has 0 spiro atoms. The first-order chi connectivity index (χ1) is 12.7. The Morgan fingerprint density at radius 3 is 2.54 bits per heavy atom. The normalized spacial score (nSPS) is 16.6. The van der Waals surface area contributed by atoms with Gasteiger partial charge in [-0.1, -0.05) is 72.4 Å². The summed E-state index contributed by atoms with van der Waals surface area (Å²) in [6.07, 6.45) is 6.65. The van der Waals surface area contributed by atoms with Crippen molar-refractivity contribution >= 4 is 34.2 Å². The molecule has 0 N–H and O–H groups in total. The number of thioether (sulfide) groups is 1. The Bertz CT molecular complexity index is 812. The van der Waals surface area contributed by atoms with Crippen molar-refractivity contribution in [1.29, 1.82) is 0 Å². The average molecular weight is 382 g/mol. The number of amides is 1. The van der Waals surface area contributed by atoms with Gasteiger partial charge in [-0.25, -0.2) is 0 Å². The zero-order chi connectivity index (χ0) is 18.4. The van der Waals surface area contributed by atoms with Crippen molar-refractivity contribution in [2.45, 2.75) is 18.1 Å². The van der Waals surface area contributed by atoms with E-state index < -0.39 is 0 Å². The zero-order valence-electron chi connectivity index (χ0n) is 14.3. The van der Waals surface area contributed by atoms with Crippen molar-refractivity contribution in [1.82, 2.24) is 4.90 Å². The Kier molecular flexibility index (Phi) is 6.32. The molecule has 3 nitrogen and oxygen atoms in total. The van der Waals surface area contributed by atoms with Gasteiger partial charge in [0.25, 0.3) is 0 Å². The van der Waals surface area contributed by atoms with Crippen LogP contribution in [-0.2, 0) is 17.6 Å². The number of nitrogens with zero attached hydrogens (tertiary/aromatic N) is 1. The van der Waals surface area contributed by atoms with Gasteiger partial charge in [0.1, 0.15) is 16.7 Å². The van der Waals surface area contributed by atoms with Crippen LogP contribution in [-0.4, -0.2) is 33.5 Å². The van der Waals surface area contributed by atoms with Crippen molar-refractivity contribution in [2.75, 3.05) is 13.2 Å². The molecule has 5 heteroatoms. The average Bonchev–Trinajstić information content (AvgIpc) is 2.93. The van der Waals surface area contributed by atoms with E-state index in [1.165, 1.54) is 17.3 Å². The van der Waals surface area contributed by atoms with Crippen LogP contribution < -0.4 is 4.74 Å². The minimum absolute atomic E-state index is 0.101. The van der Waals surface area contributed by atoms with Gasteiger partial charge >= 0.3 is 0 Å². The Hall–Kier alpha value is -2.29. The van der Waals surface area contributed by atoms with E-state index in [1.54, 1.807) is 4.90 Å². The first kappa shape index (κ1) is 18.5. The summed E-state index contributed by atoms with van der Waals surface area (Å²) in [7, 11) is 0. The zero-order valence-corrected chi connectivity index (χ0v) is 15.9. The number of carbonyl (C=O) groups excluding carboxylic acids is 1. The SMILES string of the molecule is C#CCOc1ccc(C[C@H]2SC(=S)N(CCc3ccccc3)C2=O)cc1. The highest BCUT2D eigenvalue weighted by Crippen LogP contribution is 2.30. The number of ether oxygens (including phenoxy) is 1. The van der Waals surface area contributed by atoms with Gasteiger partial charge in [0.05, 0.1) is 5.25 Å². The number of hydrogen-bond acceptors (Lipinski definition) is 4. The van der Waals surface area contributed by atoms with Crippen LogP contribution in [0.2, 0.25) is 0 Å². The molecule has 2 aromatic carbocycles. The van der Waals surface area contributed by atoms with Crippen molar-refractivity contribution in [3.05, 3.63) is 65.7 Å². The Balaban J connectivity index is 1.57. The minimum Gasteiger partial charge on any atom is -0.481 e. The number of thiocarbonyl (C=S) groups is 1. The Morgan fingerprint density at radius 2 is 1.85 bits per heavy atom. The number of rotatable bonds is 7. The van der Waals surface area contributed by atoms with E-state index in [9.17, 15) is 4.79 Å². The predicted molar refractivity (Wildman–Crippen MR) is 110 cm³/mol. The molecule has 1 saturated heterocycles. The minimum atomic E-state index is -0.157. The van der Waals surface area contributed by atoms with E-state index in [1.807, 2.05) is 42.5 Å². The van der Waals surface area contributed by atoms with E-state index in [0.717, 1.165) is 17.7 Å². The molecule has 26 heavy (non-hydrogen) atoms. The molecule has 0 aliphatic carbocycles. The molecule has 0 bridgehead atoms. The topological polar surface area (TPSA) is 29.5 Å². The maximum absolute atomic E-state index is 12.7. The molecule has 132 valence electrons. The number of benzene rings is 2. The van der Waals surface area contributed by atoms with Gasteiger partial charge in [0.2, 0.25) is 5.91 Å². The number of hydrogen-bond donors (Lipinski definition) is 0. The first-order valence-electron chi connectivity index (χ1n) is 8.38. The fourth-order valence-electron chi connectivity index (χ4n) is 2.78. The highest BCUT2D eigenvalue weighted by Gasteiger charge is 2.36. The lowest BCUT2D eigenvalue weighted by Crippen LogP contribution is -2.33. The molecule has 1 amide bonds. The second-order valence-corrected chi connectivity index (χ2v) is 7.78. The van der Waals surface area contributed by atoms with Crippen molar-refractivity contribution in [3.8, 4) is 18.1 Å². The van der Waals surface area contributed by atoms with Crippen molar-refractivity contribution in [3.63, 3.8) is 0 Å². The van der Waals surface area contributed by atoms with Crippen LogP contribution in [0.25, 0.3) is 0 Å². The van der Waals surface area contributed by atoms with Gasteiger partial charge in [0, 0.05) is 6.54 Å². The third-order valence-corrected chi connectivity index (χ3v) is 5.72. The quantitative estimate of drug-likeness (QED) is 0.540. The van der Waals surface area contributed by atoms with Gasteiger partial charge in [-0.2, -0.15) is 0 Å². The molecule has 2 aromatic rings. The summed E-state index contributed by atoms with van der Waals surface area (Å²) < 4.78 is 6.04. The molecule has 3 rings (SSSR count). The lowest BCUT2D eigenvalue weighted by molar-refractivity contribution is -0.126. The summed E-state index contributed by atoms with van der Waals surface area (Å²) in [4.78, 5) is 14.5. The molecule has 0 unspecified atom stereocenters. The van der Waals surface area contributed by atoms with E-state index in [2.05, 4.69) is 18.1 Å². The molecule has 0 aromatic heterocycles. The molecular formula is C21H19NO2S2. The van der Waals surface area contributed by atoms with Crippen molar-refractivity contribution < 1.29 is 9.53 Å². The molecule has 1 aliphatic heterocycles. The van der Waals surface area contributed by atoms with E-state index in [0.29, 0.717) is 17.3 Å². The third-order valence-electron chi connectivity index (χ3n) is 4.14. The second kappa shape index (κ2) is 8.88. The molecule has 0 radical (unpaired) electrons. The van der Waals surface area contributed by atoms with Crippen LogP contribution in [0.3, 0.4) is 0 Å². The summed E-state index contributed by atoms with van der Waals surface area (Å²) in [6, 6.07) is 17.8. The Morgan fingerprint density at radius 1 is 1.12 bits per heavy atom. The van der Waals surface area contributed by atoms with Crippen LogP contribution >= 0.6 is 24.0 Å². The standard InChI is InChI=1S/C21H19NO2S2/c1-2-14-24-18-10-8-17(9-11-18)15-19-20(23)22(21(25)26-19)13-12-16-6-4-3-5-7-16/h1,3-11,19H,12-15H2/t19-/m1/s1. The first-order valence-corrected chi connectivity index (χ1v) is 9.67. The largest absolute Gasteiger partial charge is 0.481 e. The highest BCUT2D eigenvalue weighted by molar-refractivity contribution is 8.24. The summed E-state index contributed by atoms with van der Waals surface area (Å²) in [5.41, 5.74) is 2.29. The summed E-state index contributed by atoms with van der Waals surface area (Å²) >= 11 is 6.90. The molecule has 1 heterocycles. The smallest absolute Gasteiger partial charge is 0.241 e. The maximum Gasteiger partial charge on any atom is 0.241 e. The van der Waals surface area contributed by atoms with E-state index >= 15 is 0 Å².